The van der Waals surface area contributed by atoms with Gasteiger partial charge in [0.2, 0.25) is 0 Å². The number of carbonyl (C=O) groups excluding carboxylic acids is 2. The molecule has 1 unspecified atom stereocenters. The number of rotatable bonds is 7. The van der Waals surface area contributed by atoms with Crippen LogP contribution in [0.15, 0.2) is 48.8 Å². The smallest absolute Gasteiger partial charge is 0.338 e. The first-order valence-corrected chi connectivity index (χ1v) is 11.8. The number of carbonyl (C=O) groups is 2. The molecular formula is C28H31N3O4. The summed E-state index contributed by atoms with van der Waals surface area (Å²) in [5.41, 5.74) is 7.01. The maximum atomic E-state index is 12.7. The molecule has 0 bridgehead atoms. The number of methoxy groups -OCH3 is 2. The second-order valence-electron chi connectivity index (χ2n) is 8.99. The molecule has 1 aliphatic carbocycles. The molecule has 182 valence electrons. The number of aryl methyl sites for hydroxylation is 3. The van der Waals surface area contributed by atoms with Crippen molar-refractivity contribution in [3.05, 3.63) is 93.6 Å². The number of pyridine rings is 2. The van der Waals surface area contributed by atoms with Gasteiger partial charge in [0.05, 0.1) is 42.8 Å². The van der Waals surface area contributed by atoms with E-state index in [4.69, 9.17) is 19.4 Å². The number of aromatic nitrogens is 2. The molecule has 35 heavy (non-hydrogen) atoms. The zero-order valence-corrected chi connectivity index (χ0v) is 20.7. The Morgan fingerprint density at radius 2 is 1.83 bits per heavy atom. The summed E-state index contributed by atoms with van der Waals surface area (Å²) in [6.07, 6.45) is 6.76. The van der Waals surface area contributed by atoms with Crippen LogP contribution in [0.2, 0.25) is 0 Å². The number of nitrogens with zero attached hydrogens (tertiary/aromatic N) is 3. The monoisotopic (exact) mass is 473 g/mol. The maximum Gasteiger partial charge on any atom is 0.338 e. The fraction of sp³-hybridized carbons (Fsp3) is 0.357. The summed E-state index contributed by atoms with van der Waals surface area (Å²) in [6, 6.07) is 11.4. The minimum Gasteiger partial charge on any atom is -0.465 e. The Hall–Kier alpha value is -3.58. The minimum atomic E-state index is -0.497. The van der Waals surface area contributed by atoms with Crippen molar-refractivity contribution >= 4 is 11.9 Å². The molecule has 0 saturated heterocycles. The van der Waals surface area contributed by atoms with Crippen molar-refractivity contribution in [2.24, 2.45) is 0 Å². The van der Waals surface area contributed by atoms with Crippen molar-refractivity contribution in [1.29, 1.82) is 0 Å². The van der Waals surface area contributed by atoms with Crippen LogP contribution < -0.4 is 0 Å². The van der Waals surface area contributed by atoms with Crippen LogP contribution >= 0.6 is 0 Å². The Morgan fingerprint density at radius 3 is 2.57 bits per heavy atom. The highest BCUT2D eigenvalue weighted by Gasteiger charge is 2.29. The summed E-state index contributed by atoms with van der Waals surface area (Å²) in [7, 11) is 2.66. The highest BCUT2D eigenvalue weighted by molar-refractivity contribution is 5.96. The molecule has 2 aromatic heterocycles. The summed E-state index contributed by atoms with van der Waals surface area (Å²) in [5.74, 6) is -0.985. The molecule has 0 radical (unpaired) electrons. The lowest BCUT2D eigenvalue weighted by atomic mass is 9.90. The molecule has 1 aromatic carbocycles. The van der Waals surface area contributed by atoms with Crippen LogP contribution in [-0.4, -0.2) is 41.0 Å². The Labute approximate surface area is 206 Å². The lowest BCUT2D eigenvalue weighted by molar-refractivity contribution is 0.0596. The number of ether oxygens (including phenoxy) is 2. The summed E-state index contributed by atoms with van der Waals surface area (Å²) < 4.78 is 9.89. The average molecular weight is 474 g/mol. The van der Waals surface area contributed by atoms with E-state index >= 15 is 0 Å². The fourth-order valence-corrected chi connectivity index (χ4v) is 4.80. The Kier molecular flexibility index (Phi) is 7.56. The van der Waals surface area contributed by atoms with Crippen molar-refractivity contribution in [2.75, 3.05) is 14.2 Å². The zero-order chi connectivity index (χ0) is 24.9. The summed E-state index contributed by atoms with van der Waals surface area (Å²) >= 11 is 0. The first-order valence-electron chi connectivity index (χ1n) is 11.8. The van der Waals surface area contributed by atoms with Crippen LogP contribution in [0.25, 0.3) is 0 Å². The molecule has 0 saturated carbocycles. The molecule has 3 aromatic rings. The van der Waals surface area contributed by atoms with Gasteiger partial charge < -0.3 is 9.47 Å². The van der Waals surface area contributed by atoms with Crippen molar-refractivity contribution < 1.29 is 19.1 Å². The van der Waals surface area contributed by atoms with Crippen LogP contribution in [0.4, 0.5) is 0 Å². The van der Waals surface area contributed by atoms with Gasteiger partial charge in [0.1, 0.15) is 0 Å². The first-order chi connectivity index (χ1) is 16.9. The van der Waals surface area contributed by atoms with Crippen LogP contribution in [0.3, 0.4) is 0 Å². The number of fused-ring (bicyclic) bond motifs is 1. The van der Waals surface area contributed by atoms with E-state index < -0.39 is 11.9 Å². The third kappa shape index (κ3) is 5.41. The molecular weight excluding hydrogens is 442 g/mol. The van der Waals surface area contributed by atoms with Gasteiger partial charge in [-0.15, -0.1) is 0 Å². The van der Waals surface area contributed by atoms with E-state index in [1.165, 1.54) is 19.8 Å². The van der Waals surface area contributed by atoms with Crippen LogP contribution in [0, 0.1) is 13.8 Å². The highest BCUT2D eigenvalue weighted by atomic mass is 16.5. The number of hydrogen-bond acceptors (Lipinski definition) is 7. The van der Waals surface area contributed by atoms with Gasteiger partial charge in [0, 0.05) is 25.5 Å². The third-order valence-corrected chi connectivity index (χ3v) is 6.59. The molecule has 1 atom stereocenters. The second-order valence-corrected chi connectivity index (χ2v) is 8.99. The molecule has 2 heterocycles. The van der Waals surface area contributed by atoms with E-state index in [0.717, 1.165) is 47.3 Å². The molecule has 0 aliphatic heterocycles. The van der Waals surface area contributed by atoms with Gasteiger partial charge in [-0.3, -0.25) is 14.9 Å². The van der Waals surface area contributed by atoms with Crippen LogP contribution in [-0.2, 0) is 29.0 Å². The van der Waals surface area contributed by atoms with Gasteiger partial charge in [-0.2, -0.15) is 0 Å². The summed E-state index contributed by atoms with van der Waals surface area (Å²) in [5, 5.41) is 0. The SMILES string of the molecule is COC(=O)c1ccc(CN(Cc2ncc(C)cc2C)C2CCCc3cccnc32)c(C(=O)OC)c1. The van der Waals surface area contributed by atoms with E-state index in [2.05, 4.69) is 24.0 Å². The zero-order valence-electron chi connectivity index (χ0n) is 20.7. The van der Waals surface area contributed by atoms with Gasteiger partial charge in [0.25, 0.3) is 0 Å². The van der Waals surface area contributed by atoms with Crippen LogP contribution in [0.1, 0.15) is 73.2 Å². The first kappa shape index (κ1) is 24.5. The fourth-order valence-electron chi connectivity index (χ4n) is 4.80. The highest BCUT2D eigenvalue weighted by Crippen LogP contribution is 2.35. The minimum absolute atomic E-state index is 0.0771. The molecule has 0 fully saturated rings. The Morgan fingerprint density at radius 1 is 1.03 bits per heavy atom. The standard InChI is InChI=1S/C28H31N3O4/c1-18-13-19(2)24(30-15-18)17-31(25-9-5-7-20-8-6-12-29-26(20)25)16-22-11-10-21(27(32)34-3)14-23(22)28(33)35-4/h6,8,10-15,25H,5,7,9,16-17H2,1-4H3. The predicted octanol–water partition coefficient (Wildman–Crippen LogP) is 4.75. The van der Waals surface area contributed by atoms with E-state index in [1.807, 2.05) is 31.5 Å². The van der Waals surface area contributed by atoms with E-state index in [0.29, 0.717) is 24.2 Å². The van der Waals surface area contributed by atoms with Crippen molar-refractivity contribution in [1.82, 2.24) is 14.9 Å². The third-order valence-electron chi connectivity index (χ3n) is 6.59. The van der Waals surface area contributed by atoms with Gasteiger partial charge in [-0.25, -0.2) is 9.59 Å². The van der Waals surface area contributed by atoms with Gasteiger partial charge >= 0.3 is 11.9 Å². The second kappa shape index (κ2) is 10.8. The summed E-state index contributed by atoms with van der Waals surface area (Å²) in [4.78, 5) is 36.6. The molecule has 0 spiro atoms. The van der Waals surface area contributed by atoms with E-state index in [1.54, 1.807) is 12.1 Å². The number of hydrogen-bond donors (Lipinski definition) is 0. The van der Waals surface area contributed by atoms with Gasteiger partial charge in [-0.1, -0.05) is 18.2 Å². The van der Waals surface area contributed by atoms with Crippen molar-refractivity contribution in [3.8, 4) is 0 Å². The molecule has 7 heteroatoms. The number of benzene rings is 1. The van der Waals surface area contributed by atoms with Crippen molar-refractivity contribution in [3.63, 3.8) is 0 Å². The normalized spacial score (nSPS) is 14.9. The quantitative estimate of drug-likeness (QED) is 0.458. The molecule has 0 amide bonds. The Bertz CT molecular complexity index is 1240. The molecule has 1 aliphatic rings. The summed E-state index contributed by atoms with van der Waals surface area (Å²) in [6.45, 7) is 5.19. The molecule has 0 N–H and O–H groups in total. The largest absolute Gasteiger partial charge is 0.465 e. The topological polar surface area (TPSA) is 81.6 Å². The molecule has 7 nitrogen and oxygen atoms in total. The van der Waals surface area contributed by atoms with Gasteiger partial charge in [0.15, 0.2) is 0 Å². The van der Waals surface area contributed by atoms with E-state index in [9.17, 15) is 9.59 Å². The van der Waals surface area contributed by atoms with Crippen molar-refractivity contribution in [2.45, 2.75) is 52.2 Å². The van der Waals surface area contributed by atoms with Crippen LogP contribution in [0.5, 0.6) is 0 Å². The Balaban J connectivity index is 1.76. The lowest BCUT2D eigenvalue weighted by Crippen LogP contribution is -2.32. The van der Waals surface area contributed by atoms with E-state index in [-0.39, 0.29) is 6.04 Å². The van der Waals surface area contributed by atoms with Gasteiger partial charge in [-0.05, 0) is 73.6 Å². The number of esters is 2. The lowest BCUT2D eigenvalue weighted by Gasteiger charge is -2.35. The average Bonchev–Trinajstić information content (AvgIpc) is 2.88. The molecule has 4 rings (SSSR count). The maximum absolute atomic E-state index is 12.7. The predicted molar refractivity (Wildman–Crippen MR) is 132 cm³/mol.